The third-order valence-electron chi connectivity index (χ3n) is 2.93. The molecule has 1 aromatic carbocycles. The molecule has 0 radical (unpaired) electrons. The average Bonchev–Trinajstić information content (AvgIpc) is 2.72. The minimum atomic E-state index is -0.0118. The highest BCUT2D eigenvalue weighted by Gasteiger charge is 2.14. The van der Waals surface area contributed by atoms with Gasteiger partial charge in [0, 0.05) is 18.3 Å². The molecule has 96 valence electrons. The van der Waals surface area contributed by atoms with Gasteiger partial charge in [-0.2, -0.15) is 5.10 Å². The first-order valence-corrected chi connectivity index (χ1v) is 6.17. The zero-order chi connectivity index (χ0) is 13.1. The van der Waals surface area contributed by atoms with E-state index < -0.39 is 0 Å². The highest BCUT2D eigenvalue weighted by atomic mass is 35.5. The zero-order valence-corrected chi connectivity index (χ0v) is 11.3. The molecule has 0 fully saturated rings. The van der Waals surface area contributed by atoms with Gasteiger partial charge in [0.1, 0.15) is 0 Å². The summed E-state index contributed by atoms with van der Waals surface area (Å²) in [6.45, 7) is 2.02. The topological polar surface area (TPSA) is 55.9 Å². The molecule has 2 aromatic rings. The molecule has 0 aliphatic rings. The van der Waals surface area contributed by atoms with Gasteiger partial charge in [0.2, 0.25) is 0 Å². The van der Waals surface area contributed by atoms with Crippen molar-refractivity contribution in [2.45, 2.75) is 19.4 Å². The number of nitrogens with zero attached hydrogens (tertiary/aromatic N) is 2. The van der Waals surface area contributed by atoms with Crippen LogP contribution in [-0.4, -0.2) is 9.78 Å². The van der Waals surface area contributed by atoms with Crippen molar-refractivity contribution in [2.24, 2.45) is 12.9 Å². The molecule has 1 unspecified atom stereocenters. The van der Waals surface area contributed by atoms with Crippen molar-refractivity contribution in [3.63, 3.8) is 0 Å². The van der Waals surface area contributed by atoms with Crippen LogP contribution < -0.4 is 11.3 Å². The molecule has 0 aliphatic heterocycles. The zero-order valence-electron chi connectivity index (χ0n) is 10.5. The van der Waals surface area contributed by atoms with Crippen molar-refractivity contribution in [3.05, 3.63) is 52.3 Å². The average molecular weight is 265 g/mol. The molecule has 0 saturated carbocycles. The maximum absolute atomic E-state index is 6.26. The number of aromatic nitrogens is 2. The number of nitrogens with two attached hydrogens (primary N) is 1. The lowest BCUT2D eigenvalue weighted by Gasteiger charge is -2.17. The summed E-state index contributed by atoms with van der Waals surface area (Å²) in [5.41, 5.74) is 6.08. The van der Waals surface area contributed by atoms with Crippen molar-refractivity contribution in [1.29, 1.82) is 0 Å². The number of nitrogens with one attached hydrogen (secondary N) is 1. The van der Waals surface area contributed by atoms with Crippen LogP contribution in [0.5, 0.6) is 0 Å². The van der Waals surface area contributed by atoms with Gasteiger partial charge in [-0.3, -0.25) is 16.0 Å². The molecule has 0 aliphatic carbocycles. The van der Waals surface area contributed by atoms with E-state index in [1.165, 1.54) is 0 Å². The maximum Gasteiger partial charge on any atom is 0.0522 e. The molecular formula is C13H17ClN4. The first kappa shape index (κ1) is 13.1. The fourth-order valence-electron chi connectivity index (χ4n) is 1.99. The van der Waals surface area contributed by atoms with Crippen LogP contribution >= 0.6 is 11.6 Å². The highest BCUT2D eigenvalue weighted by Crippen LogP contribution is 2.26. The van der Waals surface area contributed by atoms with Gasteiger partial charge in [-0.1, -0.05) is 23.7 Å². The van der Waals surface area contributed by atoms with Gasteiger partial charge in [0.15, 0.2) is 0 Å². The number of hydrogen-bond acceptors (Lipinski definition) is 3. The summed E-state index contributed by atoms with van der Waals surface area (Å²) in [5, 5.41) is 4.89. The molecule has 0 bridgehead atoms. The number of aryl methyl sites for hydroxylation is 2. The lowest BCUT2D eigenvalue weighted by Crippen LogP contribution is -2.29. The molecule has 4 nitrogen and oxygen atoms in total. The van der Waals surface area contributed by atoms with E-state index in [0.29, 0.717) is 0 Å². The Bertz CT molecular complexity index is 536. The van der Waals surface area contributed by atoms with Crippen molar-refractivity contribution in [2.75, 3.05) is 0 Å². The number of rotatable bonds is 4. The smallest absolute Gasteiger partial charge is 0.0522 e. The Labute approximate surface area is 112 Å². The molecule has 2 rings (SSSR count). The van der Waals surface area contributed by atoms with E-state index in [4.69, 9.17) is 17.4 Å². The van der Waals surface area contributed by atoms with E-state index in [0.717, 1.165) is 28.1 Å². The third kappa shape index (κ3) is 2.90. The Morgan fingerprint density at radius 2 is 2.28 bits per heavy atom. The standard InChI is InChI=1S/C13H17ClN4/c1-9-3-4-11(12(14)5-9)13(17-15)6-10-7-16-18(2)8-10/h3-5,7-8,13,17H,6,15H2,1-2H3. The lowest BCUT2D eigenvalue weighted by molar-refractivity contribution is 0.552. The maximum atomic E-state index is 6.26. The molecule has 0 spiro atoms. The SMILES string of the molecule is Cc1ccc(C(Cc2cnn(C)c2)NN)c(Cl)c1. The van der Waals surface area contributed by atoms with Gasteiger partial charge in [-0.15, -0.1) is 0 Å². The van der Waals surface area contributed by atoms with E-state index in [1.54, 1.807) is 4.68 Å². The van der Waals surface area contributed by atoms with Crippen LogP contribution in [0.15, 0.2) is 30.6 Å². The van der Waals surface area contributed by atoms with Crippen molar-refractivity contribution in [3.8, 4) is 0 Å². The predicted molar refractivity (Wildman–Crippen MR) is 73.2 cm³/mol. The van der Waals surface area contributed by atoms with Gasteiger partial charge >= 0.3 is 0 Å². The Morgan fingerprint density at radius 1 is 1.50 bits per heavy atom. The predicted octanol–water partition coefficient (Wildman–Crippen LogP) is 2.13. The number of benzene rings is 1. The number of hydrogen-bond donors (Lipinski definition) is 2. The van der Waals surface area contributed by atoms with Crippen LogP contribution in [0.25, 0.3) is 0 Å². The van der Waals surface area contributed by atoms with E-state index in [2.05, 4.69) is 10.5 Å². The van der Waals surface area contributed by atoms with Crippen molar-refractivity contribution < 1.29 is 0 Å². The Kier molecular flexibility index (Phi) is 4.01. The molecule has 1 heterocycles. The number of halogens is 1. The van der Waals surface area contributed by atoms with Gasteiger partial charge in [0.25, 0.3) is 0 Å². The van der Waals surface area contributed by atoms with Gasteiger partial charge < -0.3 is 0 Å². The van der Waals surface area contributed by atoms with Crippen molar-refractivity contribution in [1.82, 2.24) is 15.2 Å². The molecule has 3 N–H and O–H groups in total. The van der Waals surface area contributed by atoms with Crippen LogP contribution in [0.2, 0.25) is 5.02 Å². The monoisotopic (exact) mass is 264 g/mol. The fourth-order valence-corrected chi connectivity index (χ4v) is 2.35. The Balaban J connectivity index is 2.22. The third-order valence-corrected chi connectivity index (χ3v) is 3.26. The van der Waals surface area contributed by atoms with Crippen LogP contribution in [0, 0.1) is 6.92 Å². The molecule has 0 amide bonds. The van der Waals surface area contributed by atoms with E-state index in [1.807, 2.05) is 44.6 Å². The molecule has 0 saturated heterocycles. The summed E-state index contributed by atoms with van der Waals surface area (Å²) >= 11 is 6.26. The lowest BCUT2D eigenvalue weighted by atomic mass is 10.00. The van der Waals surface area contributed by atoms with Crippen LogP contribution in [-0.2, 0) is 13.5 Å². The quantitative estimate of drug-likeness (QED) is 0.657. The summed E-state index contributed by atoms with van der Waals surface area (Å²) in [5.74, 6) is 5.63. The highest BCUT2D eigenvalue weighted by molar-refractivity contribution is 6.31. The largest absolute Gasteiger partial charge is 0.276 e. The molecule has 5 heteroatoms. The van der Waals surface area contributed by atoms with Gasteiger partial charge in [-0.25, -0.2) is 0 Å². The summed E-state index contributed by atoms with van der Waals surface area (Å²) in [7, 11) is 1.90. The Hall–Kier alpha value is -1.36. The molecule has 1 aromatic heterocycles. The van der Waals surface area contributed by atoms with Crippen LogP contribution in [0.4, 0.5) is 0 Å². The normalized spacial score (nSPS) is 12.7. The second kappa shape index (κ2) is 5.52. The van der Waals surface area contributed by atoms with E-state index in [-0.39, 0.29) is 6.04 Å². The summed E-state index contributed by atoms with van der Waals surface area (Å²) < 4.78 is 1.78. The number of hydrazine groups is 1. The summed E-state index contributed by atoms with van der Waals surface area (Å²) in [4.78, 5) is 0. The van der Waals surface area contributed by atoms with E-state index in [9.17, 15) is 0 Å². The first-order chi connectivity index (χ1) is 8.60. The Morgan fingerprint density at radius 3 is 2.83 bits per heavy atom. The van der Waals surface area contributed by atoms with Gasteiger partial charge in [-0.05, 0) is 36.1 Å². The van der Waals surface area contributed by atoms with E-state index >= 15 is 0 Å². The van der Waals surface area contributed by atoms with Crippen molar-refractivity contribution >= 4 is 11.6 Å². The molecule has 1 atom stereocenters. The molecular weight excluding hydrogens is 248 g/mol. The minimum absolute atomic E-state index is 0.0118. The fraction of sp³-hybridized carbons (Fsp3) is 0.308. The summed E-state index contributed by atoms with van der Waals surface area (Å²) in [6, 6.07) is 5.99. The second-order valence-corrected chi connectivity index (χ2v) is 4.88. The molecule has 18 heavy (non-hydrogen) atoms. The summed E-state index contributed by atoms with van der Waals surface area (Å²) in [6.07, 6.45) is 4.58. The first-order valence-electron chi connectivity index (χ1n) is 5.80. The second-order valence-electron chi connectivity index (χ2n) is 4.47. The van der Waals surface area contributed by atoms with Crippen LogP contribution in [0.1, 0.15) is 22.7 Å². The minimum Gasteiger partial charge on any atom is -0.276 e. The van der Waals surface area contributed by atoms with Gasteiger partial charge in [0.05, 0.1) is 12.2 Å². The van der Waals surface area contributed by atoms with Crippen LogP contribution in [0.3, 0.4) is 0 Å².